The topological polar surface area (TPSA) is 54.3 Å². The molecule has 1 fully saturated rings. The number of rotatable bonds is 3. The van der Waals surface area contributed by atoms with Crippen LogP contribution < -0.4 is 0 Å². The molecule has 1 unspecified atom stereocenters. The lowest BCUT2D eigenvalue weighted by Gasteiger charge is -2.37. The molecular weight excluding hydrogens is 302 g/mol. The van der Waals surface area contributed by atoms with Gasteiger partial charge < -0.3 is 9.80 Å². The molecule has 1 aliphatic heterocycles. The van der Waals surface area contributed by atoms with Crippen LogP contribution in [0.4, 0.5) is 0 Å². The average Bonchev–Trinajstić information content (AvgIpc) is 2.80. The normalized spacial score (nSPS) is 18.6. The number of piperidine rings is 1. The minimum atomic E-state index is 0.119. The maximum atomic E-state index is 13.4. The number of amides is 1. The van der Waals surface area contributed by atoms with E-state index >= 15 is 0 Å². The van der Waals surface area contributed by atoms with Crippen molar-refractivity contribution in [1.29, 1.82) is 0 Å². The van der Waals surface area contributed by atoms with E-state index in [-0.39, 0.29) is 11.9 Å². The minimum absolute atomic E-state index is 0.119. The fourth-order valence-corrected chi connectivity index (χ4v) is 3.77. The van der Waals surface area contributed by atoms with Crippen molar-refractivity contribution in [3.8, 4) is 0 Å². The molecule has 0 aliphatic carbocycles. The summed E-state index contributed by atoms with van der Waals surface area (Å²) in [4.78, 5) is 22.2. The van der Waals surface area contributed by atoms with Gasteiger partial charge in [0.05, 0.1) is 16.6 Å². The zero-order chi connectivity index (χ0) is 17.4. The zero-order valence-corrected chi connectivity index (χ0v) is 15.3. The molecule has 0 aromatic carbocycles. The summed E-state index contributed by atoms with van der Waals surface area (Å²) in [5.74, 6) is 0.119. The average molecular weight is 329 g/mol. The van der Waals surface area contributed by atoms with Crippen LogP contribution >= 0.6 is 0 Å². The minimum Gasteiger partial charge on any atom is -0.334 e. The molecule has 1 atom stereocenters. The van der Waals surface area contributed by atoms with Gasteiger partial charge in [0.2, 0.25) is 0 Å². The highest BCUT2D eigenvalue weighted by Gasteiger charge is 2.30. The monoisotopic (exact) mass is 329 g/mol. The van der Waals surface area contributed by atoms with E-state index in [0.29, 0.717) is 0 Å². The number of aromatic nitrogens is 3. The van der Waals surface area contributed by atoms with Crippen LogP contribution in [0, 0.1) is 13.8 Å². The third kappa shape index (κ3) is 3.02. The van der Waals surface area contributed by atoms with E-state index in [1.807, 2.05) is 27.0 Å². The molecule has 2 aromatic heterocycles. The Bertz CT molecular complexity index is 764. The van der Waals surface area contributed by atoms with Crippen molar-refractivity contribution in [1.82, 2.24) is 24.6 Å². The molecule has 0 spiro atoms. The fraction of sp³-hybridized carbons (Fsp3) is 0.611. The Hall–Kier alpha value is -1.95. The van der Waals surface area contributed by atoms with E-state index in [2.05, 4.69) is 34.0 Å². The Morgan fingerprint density at radius 3 is 2.79 bits per heavy atom. The molecule has 1 aliphatic rings. The van der Waals surface area contributed by atoms with Gasteiger partial charge in [-0.05, 0) is 53.3 Å². The van der Waals surface area contributed by atoms with Gasteiger partial charge in [0, 0.05) is 31.9 Å². The third-order valence-corrected chi connectivity index (χ3v) is 4.79. The number of carbonyl (C=O) groups is 1. The molecule has 3 rings (SSSR count). The van der Waals surface area contributed by atoms with Gasteiger partial charge in [-0.3, -0.25) is 9.48 Å². The number of pyridine rings is 1. The van der Waals surface area contributed by atoms with Gasteiger partial charge in [-0.1, -0.05) is 0 Å². The van der Waals surface area contributed by atoms with Gasteiger partial charge in [-0.2, -0.15) is 5.10 Å². The van der Waals surface area contributed by atoms with Crippen LogP contribution in [0.2, 0.25) is 0 Å². The number of fused-ring (bicyclic) bond motifs is 1. The third-order valence-electron chi connectivity index (χ3n) is 4.79. The van der Waals surface area contributed by atoms with Crippen molar-refractivity contribution >= 4 is 16.9 Å². The zero-order valence-electron chi connectivity index (χ0n) is 15.3. The summed E-state index contributed by atoms with van der Waals surface area (Å²) in [6, 6.07) is 2.20. The Labute approximate surface area is 143 Å². The quantitative estimate of drug-likeness (QED) is 0.866. The fourth-order valence-electron chi connectivity index (χ4n) is 3.77. The van der Waals surface area contributed by atoms with Gasteiger partial charge in [0.1, 0.15) is 0 Å². The largest absolute Gasteiger partial charge is 0.334 e. The summed E-state index contributed by atoms with van der Waals surface area (Å²) in [6.45, 7) is 5.63. The Kier molecular flexibility index (Phi) is 4.58. The Morgan fingerprint density at radius 2 is 2.08 bits per heavy atom. The maximum Gasteiger partial charge on any atom is 0.255 e. The first-order valence-electron chi connectivity index (χ1n) is 8.65. The lowest BCUT2D eigenvalue weighted by molar-refractivity contribution is 0.0576. The molecular formula is C18H27N5O. The van der Waals surface area contributed by atoms with Gasteiger partial charge in [-0.25, -0.2) is 4.98 Å². The van der Waals surface area contributed by atoms with Crippen LogP contribution in [0.3, 0.4) is 0 Å². The van der Waals surface area contributed by atoms with E-state index in [1.54, 1.807) is 4.68 Å². The highest BCUT2D eigenvalue weighted by Crippen LogP contribution is 2.26. The summed E-state index contributed by atoms with van der Waals surface area (Å²) >= 11 is 0. The van der Waals surface area contributed by atoms with Crippen molar-refractivity contribution in [2.75, 3.05) is 27.2 Å². The molecule has 1 amide bonds. The van der Waals surface area contributed by atoms with Crippen molar-refractivity contribution in [3.05, 3.63) is 23.0 Å². The first kappa shape index (κ1) is 16.9. The lowest BCUT2D eigenvalue weighted by Crippen LogP contribution is -2.48. The van der Waals surface area contributed by atoms with Gasteiger partial charge in [0.15, 0.2) is 5.65 Å². The van der Waals surface area contributed by atoms with E-state index in [1.165, 1.54) is 6.42 Å². The van der Waals surface area contributed by atoms with Gasteiger partial charge in [-0.15, -0.1) is 0 Å². The molecule has 1 saturated heterocycles. The maximum absolute atomic E-state index is 13.4. The van der Waals surface area contributed by atoms with Crippen LogP contribution in [0.1, 0.15) is 41.0 Å². The van der Waals surface area contributed by atoms with E-state index in [0.717, 1.165) is 53.9 Å². The standard InChI is InChI=1S/C18H27N5O/c1-12-10-15(16-13(2)20-22(5)17(16)19-12)18(24)23-9-7-6-8-14(23)11-21(3)4/h10,14H,6-9,11H2,1-5H3. The molecule has 2 aromatic rings. The predicted octanol–water partition coefficient (Wildman–Crippen LogP) is 2.14. The molecule has 0 radical (unpaired) electrons. The number of hydrogen-bond donors (Lipinski definition) is 0. The second-order valence-corrected chi connectivity index (χ2v) is 7.13. The van der Waals surface area contributed by atoms with E-state index in [9.17, 15) is 4.79 Å². The molecule has 24 heavy (non-hydrogen) atoms. The number of likely N-dealkylation sites (N-methyl/N-ethyl adjacent to an activating group) is 1. The second-order valence-electron chi connectivity index (χ2n) is 7.13. The summed E-state index contributed by atoms with van der Waals surface area (Å²) in [5.41, 5.74) is 3.25. The highest BCUT2D eigenvalue weighted by atomic mass is 16.2. The molecule has 0 bridgehead atoms. The predicted molar refractivity (Wildman–Crippen MR) is 95.2 cm³/mol. The van der Waals surface area contributed by atoms with Crippen LogP contribution in [-0.4, -0.2) is 63.7 Å². The van der Waals surface area contributed by atoms with Gasteiger partial charge in [0.25, 0.3) is 5.91 Å². The smallest absolute Gasteiger partial charge is 0.255 e. The van der Waals surface area contributed by atoms with Crippen molar-refractivity contribution < 1.29 is 4.79 Å². The van der Waals surface area contributed by atoms with Crippen molar-refractivity contribution in [3.63, 3.8) is 0 Å². The second kappa shape index (κ2) is 6.51. The van der Waals surface area contributed by atoms with Crippen LogP contribution in [0.25, 0.3) is 11.0 Å². The molecule has 3 heterocycles. The van der Waals surface area contributed by atoms with Crippen LogP contribution in [0.5, 0.6) is 0 Å². The number of carbonyl (C=O) groups excluding carboxylic acids is 1. The van der Waals surface area contributed by atoms with Crippen molar-refractivity contribution in [2.45, 2.75) is 39.2 Å². The Morgan fingerprint density at radius 1 is 1.33 bits per heavy atom. The first-order chi connectivity index (χ1) is 11.4. The number of nitrogens with zero attached hydrogens (tertiary/aromatic N) is 5. The number of likely N-dealkylation sites (tertiary alicyclic amines) is 1. The molecule has 0 N–H and O–H groups in total. The van der Waals surface area contributed by atoms with Crippen LogP contribution in [0.15, 0.2) is 6.07 Å². The molecule has 0 saturated carbocycles. The summed E-state index contributed by atoms with van der Waals surface area (Å²) < 4.78 is 1.77. The van der Waals surface area contributed by atoms with Crippen LogP contribution in [-0.2, 0) is 7.05 Å². The SMILES string of the molecule is Cc1cc(C(=O)N2CCCCC2CN(C)C)c2c(C)nn(C)c2n1. The first-order valence-corrected chi connectivity index (χ1v) is 8.65. The summed E-state index contributed by atoms with van der Waals surface area (Å²) in [7, 11) is 6.01. The highest BCUT2D eigenvalue weighted by molar-refractivity contribution is 6.06. The van der Waals surface area contributed by atoms with Gasteiger partial charge >= 0.3 is 0 Å². The van der Waals surface area contributed by atoms with E-state index < -0.39 is 0 Å². The lowest BCUT2D eigenvalue weighted by atomic mass is 9.99. The number of aryl methyl sites for hydroxylation is 3. The molecule has 6 heteroatoms. The molecule has 130 valence electrons. The Balaban J connectivity index is 2.04. The number of hydrogen-bond acceptors (Lipinski definition) is 4. The summed E-state index contributed by atoms with van der Waals surface area (Å²) in [5, 5.41) is 5.35. The van der Waals surface area contributed by atoms with E-state index in [4.69, 9.17) is 0 Å². The molecule has 6 nitrogen and oxygen atoms in total. The summed E-state index contributed by atoms with van der Waals surface area (Å²) in [6.07, 6.45) is 3.34. The van der Waals surface area contributed by atoms with Crippen molar-refractivity contribution in [2.24, 2.45) is 7.05 Å².